The number of nitro groups is 1. The van der Waals surface area contributed by atoms with Crippen LogP contribution in [-0.4, -0.2) is 19.9 Å². The van der Waals surface area contributed by atoms with Crippen molar-refractivity contribution in [1.82, 2.24) is 15.0 Å². The molecule has 0 atom stereocenters. The van der Waals surface area contributed by atoms with Crippen LogP contribution >= 0.6 is 0 Å². The maximum Gasteiger partial charge on any atom is 0.192 e. The summed E-state index contributed by atoms with van der Waals surface area (Å²) >= 11 is 0. The van der Waals surface area contributed by atoms with Gasteiger partial charge in [-0.1, -0.05) is 48.5 Å². The number of aromatic nitrogens is 3. The largest absolute Gasteiger partial charge is 0.305 e. The summed E-state index contributed by atoms with van der Waals surface area (Å²) < 4.78 is 0. The zero-order valence-electron chi connectivity index (χ0n) is 15.6. The SMILES string of the molecule is O=[N+]([O-])c1cc[c-]c(-c2ccccn2)c1.[Ir].c1cnc2c(c1)ccc1cccnc12. The van der Waals surface area contributed by atoms with Gasteiger partial charge in [-0.05, 0) is 23.9 Å². The van der Waals surface area contributed by atoms with E-state index in [-0.39, 0.29) is 25.8 Å². The molecule has 0 aliphatic heterocycles. The van der Waals surface area contributed by atoms with Gasteiger partial charge in [0.1, 0.15) is 0 Å². The van der Waals surface area contributed by atoms with Gasteiger partial charge < -0.3 is 4.98 Å². The molecular weight excluding hydrogens is 556 g/mol. The molecule has 2 aromatic carbocycles. The molecule has 5 rings (SSSR count). The molecule has 1 radical (unpaired) electrons. The summed E-state index contributed by atoms with van der Waals surface area (Å²) in [6, 6.07) is 24.9. The van der Waals surface area contributed by atoms with E-state index in [9.17, 15) is 10.1 Å². The number of non-ortho nitro benzene ring substituents is 1. The van der Waals surface area contributed by atoms with Crippen molar-refractivity contribution in [3.05, 3.63) is 108 Å². The van der Waals surface area contributed by atoms with Gasteiger partial charge in [0.2, 0.25) is 0 Å². The molecule has 0 bridgehead atoms. The smallest absolute Gasteiger partial charge is 0.192 e. The first kappa shape index (κ1) is 21.2. The maximum atomic E-state index is 10.6. The maximum absolute atomic E-state index is 10.6. The summed E-state index contributed by atoms with van der Waals surface area (Å²) in [7, 11) is 0. The second-order valence-electron chi connectivity index (χ2n) is 6.15. The number of nitro benzene ring substituents is 1. The Hall–Kier alpha value is -3.54. The Bertz CT molecular complexity index is 1240. The fraction of sp³-hybridized carbons (Fsp3) is 0. The summed E-state index contributed by atoms with van der Waals surface area (Å²) in [5.41, 5.74) is 3.32. The molecule has 0 amide bonds. The normalized spacial score (nSPS) is 10.0. The van der Waals surface area contributed by atoms with Crippen molar-refractivity contribution < 1.29 is 25.0 Å². The van der Waals surface area contributed by atoms with Crippen LogP contribution < -0.4 is 0 Å². The molecule has 0 saturated heterocycles. The van der Waals surface area contributed by atoms with Crippen LogP contribution in [0.2, 0.25) is 0 Å². The van der Waals surface area contributed by atoms with Gasteiger partial charge in [-0.15, -0.1) is 17.7 Å². The molecule has 0 spiro atoms. The van der Waals surface area contributed by atoms with Crippen molar-refractivity contribution in [2.45, 2.75) is 0 Å². The van der Waals surface area contributed by atoms with Crippen LogP contribution in [0.5, 0.6) is 0 Å². The molecule has 6 nitrogen and oxygen atoms in total. The van der Waals surface area contributed by atoms with Crippen molar-refractivity contribution >= 4 is 27.5 Å². The zero-order valence-corrected chi connectivity index (χ0v) is 18.0. The van der Waals surface area contributed by atoms with E-state index in [1.807, 2.05) is 18.2 Å². The molecule has 30 heavy (non-hydrogen) atoms. The molecule has 0 aliphatic rings. The third-order valence-corrected chi connectivity index (χ3v) is 4.28. The van der Waals surface area contributed by atoms with Crippen molar-refractivity contribution in [3.8, 4) is 11.3 Å². The number of rotatable bonds is 2. The summed E-state index contributed by atoms with van der Waals surface area (Å²) in [5, 5.41) is 12.8. The zero-order chi connectivity index (χ0) is 20.1. The Kier molecular flexibility index (Phi) is 6.90. The standard InChI is InChI=1S/C12H8N2.C11H7N2O2.Ir/c1-3-9-5-6-10-4-2-8-14-12(10)11(9)13-7-1;14-13(15)10-5-3-4-9(8-10)11-6-1-2-7-12-11;/h1-8H;1-3,5-8H;/q;-1;. The number of nitrogens with zero attached hydrogens (tertiary/aromatic N) is 4. The van der Waals surface area contributed by atoms with E-state index in [1.54, 1.807) is 30.7 Å². The molecule has 5 aromatic rings. The first-order chi connectivity index (χ1) is 14.2. The monoisotopic (exact) mass is 572 g/mol. The van der Waals surface area contributed by atoms with Gasteiger partial charge in [0.15, 0.2) is 5.69 Å². The molecule has 7 heteroatoms. The summed E-state index contributed by atoms with van der Waals surface area (Å²) in [5.74, 6) is 0. The van der Waals surface area contributed by atoms with E-state index in [0.717, 1.165) is 21.8 Å². The van der Waals surface area contributed by atoms with Crippen molar-refractivity contribution in [1.29, 1.82) is 0 Å². The Labute approximate surface area is 186 Å². The molecule has 149 valence electrons. The van der Waals surface area contributed by atoms with Crippen LogP contribution in [0.3, 0.4) is 0 Å². The molecule has 0 N–H and O–H groups in total. The Morgan fingerprint density at radius 2 is 1.40 bits per heavy atom. The molecule has 0 aliphatic carbocycles. The van der Waals surface area contributed by atoms with Crippen LogP contribution in [0.25, 0.3) is 33.1 Å². The van der Waals surface area contributed by atoms with E-state index in [1.165, 1.54) is 18.2 Å². The average Bonchev–Trinajstić information content (AvgIpc) is 2.80. The van der Waals surface area contributed by atoms with Gasteiger partial charge in [-0.25, -0.2) is 0 Å². The van der Waals surface area contributed by atoms with Crippen LogP contribution in [0.15, 0.2) is 91.4 Å². The topological polar surface area (TPSA) is 81.8 Å². The second kappa shape index (κ2) is 9.78. The minimum Gasteiger partial charge on any atom is -0.305 e. The van der Waals surface area contributed by atoms with Crippen molar-refractivity contribution in [2.75, 3.05) is 0 Å². The van der Waals surface area contributed by atoms with Gasteiger partial charge in [0, 0.05) is 54.4 Å². The molecular formula is C23H15IrN4O2-. The predicted molar refractivity (Wildman–Crippen MR) is 112 cm³/mol. The van der Waals surface area contributed by atoms with E-state index >= 15 is 0 Å². The first-order valence-corrected chi connectivity index (χ1v) is 8.88. The fourth-order valence-corrected chi connectivity index (χ4v) is 2.92. The van der Waals surface area contributed by atoms with Gasteiger partial charge in [-0.3, -0.25) is 20.1 Å². The Morgan fingerprint density at radius 3 is 1.97 bits per heavy atom. The summed E-state index contributed by atoms with van der Waals surface area (Å²) in [6.45, 7) is 0. The van der Waals surface area contributed by atoms with E-state index in [2.05, 4.69) is 45.3 Å². The van der Waals surface area contributed by atoms with Gasteiger partial charge in [0.05, 0.1) is 11.0 Å². The van der Waals surface area contributed by atoms with Gasteiger partial charge in [-0.2, -0.15) is 0 Å². The molecule has 0 unspecified atom stereocenters. The minimum absolute atomic E-state index is 0. The third kappa shape index (κ3) is 4.71. The predicted octanol–water partition coefficient (Wildman–Crippen LogP) is 5.24. The number of fused-ring (bicyclic) bond motifs is 3. The van der Waals surface area contributed by atoms with Crippen molar-refractivity contribution in [3.63, 3.8) is 0 Å². The molecule has 0 saturated carbocycles. The third-order valence-electron chi connectivity index (χ3n) is 4.28. The van der Waals surface area contributed by atoms with E-state index < -0.39 is 4.92 Å². The van der Waals surface area contributed by atoms with Crippen LogP contribution in [0.1, 0.15) is 0 Å². The van der Waals surface area contributed by atoms with Crippen molar-refractivity contribution in [2.24, 2.45) is 0 Å². The van der Waals surface area contributed by atoms with Gasteiger partial charge in [0.25, 0.3) is 0 Å². The van der Waals surface area contributed by atoms with Gasteiger partial charge >= 0.3 is 0 Å². The van der Waals surface area contributed by atoms with Crippen LogP contribution in [0.4, 0.5) is 5.69 Å². The fourth-order valence-electron chi connectivity index (χ4n) is 2.92. The molecule has 0 fully saturated rings. The summed E-state index contributed by atoms with van der Waals surface area (Å²) in [4.78, 5) is 22.9. The minimum atomic E-state index is -0.430. The summed E-state index contributed by atoms with van der Waals surface area (Å²) in [6.07, 6.45) is 5.24. The number of benzene rings is 2. The molecule has 3 aromatic heterocycles. The number of pyridine rings is 3. The second-order valence-corrected chi connectivity index (χ2v) is 6.15. The first-order valence-electron chi connectivity index (χ1n) is 8.88. The van der Waals surface area contributed by atoms with Crippen LogP contribution in [0, 0.1) is 16.2 Å². The average molecular weight is 572 g/mol. The number of hydrogen-bond acceptors (Lipinski definition) is 5. The Balaban J connectivity index is 0.000000165. The van der Waals surface area contributed by atoms with E-state index in [0.29, 0.717) is 11.3 Å². The number of hydrogen-bond donors (Lipinski definition) is 0. The quantitative estimate of drug-likeness (QED) is 0.125. The van der Waals surface area contributed by atoms with Crippen LogP contribution in [-0.2, 0) is 20.1 Å². The van der Waals surface area contributed by atoms with E-state index in [4.69, 9.17) is 0 Å². The Morgan fingerprint density at radius 1 is 0.767 bits per heavy atom. The molecule has 3 heterocycles.